The summed E-state index contributed by atoms with van der Waals surface area (Å²) in [6.07, 6.45) is 2.54. The Labute approximate surface area is 116 Å². The molecule has 2 fully saturated rings. The molecule has 2 atom stereocenters. The molecule has 2 aliphatic rings. The molecule has 2 unspecified atom stereocenters. The van der Waals surface area contributed by atoms with E-state index < -0.39 is 0 Å². The predicted molar refractivity (Wildman–Crippen MR) is 81.2 cm³/mol. The third-order valence-corrected chi connectivity index (χ3v) is 6.11. The lowest BCUT2D eigenvalue weighted by Gasteiger charge is -2.45. The van der Waals surface area contributed by atoms with Gasteiger partial charge in [0.1, 0.15) is 0 Å². The van der Waals surface area contributed by atoms with Crippen LogP contribution in [-0.4, -0.2) is 65.1 Å². The monoisotopic (exact) mass is 271 g/mol. The van der Waals surface area contributed by atoms with Crippen molar-refractivity contribution in [1.82, 2.24) is 9.80 Å². The first-order valence-corrected chi connectivity index (χ1v) is 8.47. The van der Waals surface area contributed by atoms with Crippen LogP contribution in [0.25, 0.3) is 0 Å². The molecule has 106 valence electrons. The van der Waals surface area contributed by atoms with Gasteiger partial charge in [-0.15, -0.1) is 0 Å². The highest BCUT2D eigenvalue weighted by Gasteiger charge is 2.43. The average Bonchev–Trinajstić information content (AvgIpc) is 2.85. The number of hydrogen-bond acceptors (Lipinski definition) is 4. The summed E-state index contributed by atoms with van der Waals surface area (Å²) in [5, 5.41) is 0.815. The van der Waals surface area contributed by atoms with Crippen LogP contribution >= 0.6 is 11.8 Å². The molecular formula is C14H29N3S. The van der Waals surface area contributed by atoms with Gasteiger partial charge >= 0.3 is 0 Å². The number of rotatable bonds is 4. The highest BCUT2D eigenvalue weighted by atomic mass is 32.2. The first-order valence-electron chi connectivity index (χ1n) is 7.42. The van der Waals surface area contributed by atoms with Gasteiger partial charge in [-0.2, -0.15) is 11.8 Å². The second-order valence-electron chi connectivity index (χ2n) is 6.09. The molecule has 0 radical (unpaired) electrons. The van der Waals surface area contributed by atoms with Crippen LogP contribution in [0.4, 0.5) is 0 Å². The molecule has 0 aromatic carbocycles. The molecule has 4 heteroatoms. The number of nitrogens with zero attached hydrogens (tertiary/aromatic N) is 2. The molecule has 3 nitrogen and oxygen atoms in total. The van der Waals surface area contributed by atoms with Crippen molar-refractivity contribution in [1.29, 1.82) is 0 Å². The summed E-state index contributed by atoms with van der Waals surface area (Å²) >= 11 is 2.15. The van der Waals surface area contributed by atoms with Gasteiger partial charge in [0.15, 0.2) is 0 Å². The van der Waals surface area contributed by atoms with E-state index in [4.69, 9.17) is 5.73 Å². The Hall–Kier alpha value is 0.230. The van der Waals surface area contributed by atoms with Crippen molar-refractivity contribution in [2.75, 3.05) is 38.5 Å². The van der Waals surface area contributed by atoms with Crippen LogP contribution in [0, 0.1) is 0 Å². The normalized spacial score (nSPS) is 35.5. The summed E-state index contributed by atoms with van der Waals surface area (Å²) in [5.41, 5.74) is 6.44. The minimum atomic E-state index is 0.263. The fraction of sp³-hybridized carbons (Fsp3) is 1.00. The second kappa shape index (κ2) is 6.12. The van der Waals surface area contributed by atoms with Crippen molar-refractivity contribution in [3.63, 3.8) is 0 Å². The second-order valence-corrected chi connectivity index (χ2v) is 7.50. The van der Waals surface area contributed by atoms with Crippen LogP contribution in [0.1, 0.15) is 33.6 Å². The molecule has 2 aliphatic heterocycles. The molecule has 2 rings (SSSR count). The topological polar surface area (TPSA) is 32.5 Å². The molecule has 0 aliphatic carbocycles. The Morgan fingerprint density at radius 3 is 2.72 bits per heavy atom. The van der Waals surface area contributed by atoms with E-state index >= 15 is 0 Å². The van der Waals surface area contributed by atoms with E-state index in [-0.39, 0.29) is 5.54 Å². The molecule has 0 amide bonds. The molecule has 0 aromatic heterocycles. The summed E-state index contributed by atoms with van der Waals surface area (Å²) in [7, 11) is 0. The molecule has 2 saturated heterocycles. The van der Waals surface area contributed by atoms with E-state index in [1.54, 1.807) is 0 Å². The van der Waals surface area contributed by atoms with Gasteiger partial charge in [0.2, 0.25) is 0 Å². The van der Waals surface area contributed by atoms with Crippen molar-refractivity contribution in [2.24, 2.45) is 5.73 Å². The Kier molecular flexibility index (Phi) is 4.98. The molecule has 0 bridgehead atoms. The summed E-state index contributed by atoms with van der Waals surface area (Å²) in [4.78, 5) is 5.30. The van der Waals surface area contributed by atoms with E-state index in [0.717, 1.165) is 11.8 Å². The van der Waals surface area contributed by atoms with Gasteiger partial charge in [0.05, 0.1) is 0 Å². The number of nitrogens with two attached hydrogens (primary N) is 1. The van der Waals surface area contributed by atoms with Crippen LogP contribution in [0.15, 0.2) is 0 Å². The lowest BCUT2D eigenvalue weighted by atomic mass is 9.95. The van der Waals surface area contributed by atoms with E-state index in [1.165, 1.54) is 44.8 Å². The van der Waals surface area contributed by atoms with Gasteiger partial charge in [0, 0.05) is 55.3 Å². The zero-order valence-electron chi connectivity index (χ0n) is 12.2. The Bertz CT molecular complexity index is 272. The Morgan fingerprint density at radius 2 is 2.17 bits per heavy atom. The van der Waals surface area contributed by atoms with Gasteiger partial charge in [-0.05, 0) is 26.7 Å². The molecule has 2 N–H and O–H groups in total. The smallest absolute Gasteiger partial charge is 0.0471 e. The van der Waals surface area contributed by atoms with E-state index in [0.29, 0.717) is 6.04 Å². The summed E-state index contributed by atoms with van der Waals surface area (Å²) in [6.45, 7) is 12.6. The minimum Gasteiger partial charge on any atom is -0.329 e. The van der Waals surface area contributed by atoms with Crippen LogP contribution in [-0.2, 0) is 0 Å². The maximum absolute atomic E-state index is 6.17. The first kappa shape index (κ1) is 14.6. The van der Waals surface area contributed by atoms with Gasteiger partial charge in [0.25, 0.3) is 0 Å². The fourth-order valence-electron chi connectivity index (χ4n) is 3.28. The fourth-order valence-corrected chi connectivity index (χ4v) is 4.46. The molecule has 2 heterocycles. The third kappa shape index (κ3) is 2.87. The van der Waals surface area contributed by atoms with Gasteiger partial charge in [-0.3, -0.25) is 9.80 Å². The highest BCUT2D eigenvalue weighted by Crippen LogP contribution is 2.33. The maximum atomic E-state index is 6.17. The zero-order chi connectivity index (χ0) is 13.2. The molecular weight excluding hydrogens is 242 g/mol. The Morgan fingerprint density at radius 1 is 1.39 bits per heavy atom. The Balaban J connectivity index is 2.04. The lowest BCUT2D eigenvalue weighted by Crippen LogP contribution is -2.59. The van der Waals surface area contributed by atoms with Gasteiger partial charge in [-0.1, -0.05) is 6.92 Å². The van der Waals surface area contributed by atoms with Crippen molar-refractivity contribution in [3.05, 3.63) is 0 Å². The molecule has 18 heavy (non-hydrogen) atoms. The summed E-state index contributed by atoms with van der Waals surface area (Å²) in [5.74, 6) is 1.28. The summed E-state index contributed by atoms with van der Waals surface area (Å²) < 4.78 is 0. The van der Waals surface area contributed by atoms with Crippen molar-refractivity contribution < 1.29 is 0 Å². The number of hydrogen-bond donors (Lipinski definition) is 1. The highest BCUT2D eigenvalue weighted by molar-refractivity contribution is 8.00. The standard InChI is InChI=1S/C14H29N3S/c1-4-13-9-17(7-8-18-13)14(10-15)5-6-16(11-14)12(2)3/h12-13H,4-11,15H2,1-3H3. The SMILES string of the molecule is CCC1CN(C2(CN)CCN(C(C)C)C2)CCS1. The van der Waals surface area contributed by atoms with Crippen LogP contribution < -0.4 is 5.73 Å². The predicted octanol–water partition coefficient (Wildman–Crippen LogP) is 1.63. The molecule has 0 saturated carbocycles. The number of likely N-dealkylation sites (tertiary alicyclic amines) is 1. The van der Waals surface area contributed by atoms with Gasteiger partial charge in [-0.25, -0.2) is 0 Å². The van der Waals surface area contributed by atoms with Crippen LogP contribution in [0.3, 0.4) is 0 Å². The third-order valence-electron chi connectivity index (χ3n) is 4.74. The average molecular weight is 271 g/mol. The van der Waals surface area contributed by atoms with Crippen molar-refractivity contribution >= 4 is 11.8 Å². The van der Waals surface area contributed by atoms with Crippen molar-refractivity contribution in [2.45, 2.75) is 50.4 Å². The zero-order valence-corrected chi connectivity index (χ0v) is 13.0. The maximum Gasteiger partial charge on any atom is 0.0471 e. The first-order chi connectivity index (χ1) is 8.61. The largest absolute Gasteiger partial charge is 0.329 e. The molecule has 0 aromatic rings. The van der Waals surface area contributed by atoms with E-state index in [1.807, 2.05) is 0 Å². The van der Waals surface area contributed by atoms with E-state index in [9.17, 15) is 0 Å². The molecule has 0 spiro atoms. The van der Waals surface area contributed by atoms with Crippen LogP contribution in [0.2, 0.25) is 0 Å². The quantitative estimate of drug-likeness (QED) is 0.842. The van der Waals surface area contributed by atoms with Crippen molar-refractivity contribution in [3.8, 4) is 0 Å². The van der Waals surface area contributed by atoms with E-state index in [2.05, 4.69) is 42.3 Å². The number of thioether (sulfide) groups is 1. The minimum absolute atomic E-state index is 0.263. The van der Waals surface area contributed by atoms with Crippen LogP contribution in [0.5, 0.6) is 0 Å². The van der Waals surface area contributed by atoms with Gasteiger partial charge < -0.3 is 5.73 Å². The lowest BCUT2D eigenvalue weighted by molar-refractivity contribution is 0.0972. The summed E-state index contributed by atoms with van der Waals surface area (Å²) in [6, 6.07) is 0.652.